The van der Waals surface area contributed by atoms with Gasteiger partial charge in [-0.2, -0.15) is 23.3 Å². The first kappa shape index (κ1) is 24.0. The Morgan fingerprint density at radius 3 is 2.55 bits per heavy atom. The van der Waals surface area contributed by atoms with E-state index in [1.807, 2.05) is 18.2 Å². The summed E-state index contributed by atoms with van der Waals surface area (Å²) >= 11 is 0. The zero-order valence-corrected chi connectivity index (χ0v) is 16.7. The smallest absolute Gasteiger partial charge is 0.378 e. The summed E-state index contributed by atoms with van der Waals surface area (Å²) < 4.78 is 50.2. The molecular formula is C19H22F4N6O2. The van der Waals surface area contributed by atoms with Crippen molar-refractivity contribution in [3.63, 3.8) is 0 Å². The van der Waals surface area contributed by atoms with Crippen molar-refractivity contribution in [1.29, 1.82) is 0 Å². The number of para-hydroxylation sites is 1. The number of rotatable bonds is 6. The first-order valence-electron chi connectivity index (χ1n) is 9.27. The van der Waals surface area contributed by atoms with Crippen LogP contribution in [0.1, 0.15) is 13.3 Å². The maximum absolute atomic E-state index is 13.9. The number of anilines is 3. The van der Waals surface area contributed by atoms with Gasteiger partial charge in [-0.05, 0) is 12.1 Å². The van der Waals surface area contributed by atoms with Crippen LogP contribution in [0.25, 0.3) is 0 Å². The highest BCUT2D eigenvalue weighted by Gasteiger charge is 2.17. The molecule has 0 unspecified atom stereocenters. The fourth-order valence-corrected chi connectivity index (χ4v) is 2.37. The van der Waals surface area contributed by atoms with E-state index in [-0.39, 0.29) is 31.0 Å². The van der Waals surface area contributed by atoms with Crippen molar-refractivity contribution < 1.29 is 27.1 Å². The molecule has 1 saturated heterocycles. The fourth-order valence-electron chi connectivity index (χ4n) is 2.37. The van der Waals surface area contributed by atoms with Crippen LogP contribution in [-0.4, -0.2) is 54.6 Å². The minimum atomic E-state index is -4.00. The highest BCUT2D eigenvalue weighted by Crippen LogP contribution is 2.18. The number of nitrogens with one attached hydrogen (secondary N) is 2. The van der Waals surface area contributed by atoms with Crippen LogP contribution in [0.2, 0.25) is 0 Å². The predicted molar refractivity (Wildman–Crippen MR) is 109 cm³/mol. The molecule has 0 bridgehead atoms. The Labute approximate surface area is 176 Å². The van der Waals surface area contributed by atoms with Gasteiger partial charge in [0, 0.05) is 31.9 Å². The fraction of sp³-hybridized carbons (Fsp3) is 0.368. The molecule has 1 amide bonds. The summed E-state index contributed by atoms with van der Waals surface area (Å²) in [7, 11) is 0. The molecule has 2 N–H and O–H groups in total. The molecule has 0 saturated carbocycles. The second-order valence-electron chi connectivity index (χ2n) is 6.29. The lowest BCUT2D eigenvalue weighted by molar-refractivity contribution is -0.115. The molecule has 1 aliphatic heterocycles. The number of hydrogen-bond donors (Lipinski definition) is 2. The average Bonchev–Trinajstić information content (AvgIpc) is 2.72. The Bertz CT molecular complexity index is 852. The summed E-state index contributed by atoms with van der Waals surface area (Å²) in [5.41, 5.74) is 3.33. The second kappa shape index (κ2) is 11.8. The number of benzene rings is 1. The third-order valence-electron chi connectivity index (χ3n) is 3.63. The van der Waals surface area contributed by atoms with Crippen molar-refractivity contribution in [1.82, 2.24) is 9.97 Å². The summed E-state index contributed by atoms with van der Waals surface area (Å²) in [5.74, 6) is -0.324. The molecule has 0 spiro atoms. The minimum absolute atomic E-state index is 0.0827. The number of halogens is 4. The van der Waals surface area contributed by atoms with Gasteiger partial charge in [-0.1, -0.05) is 18.2 Å². The van der Waals surface area contributed by atoms with E-state index in [1.165, 1.54) is 6.21 Å². The van der Waals surface area contributed by atoms with Gasteiger partial charge in [-0.25, -0.2) is 14.8 Å². The third-order valence-corrected chi connectivity index (χ3v) is 3.63. The van der Waals surface area contributed by atoms with Crippen molar-refractivity contribution in [3.05, 3.63) is 42.3 Å². The molecule has 31 heavy (non-hydrogen) atoms. The topological polar surface area (TPSA) is 91.7 Å². The van der Waals surface area contributed by atoms with Gasteiger partial charge in [0.15, 0.2) is 11.6 Å². The van der Waals surface area contributed by atoms with E-state index in [0.717, 1.165) is 11.9 Å². The number of carbonyl (C=O) groups is 1. The van der Waals surface area contributed by atoms with E-state index >= 15 is 0 Å². The molecule has 0 atom stereocenters. The molecule has 0 aliphatic carbocycles. The largest absolute Gasteiger partial charge is 0.386 e. The maximum atomic E-state index is 13.9. The predicted octanol–water partition coefficient (Wildman–Crippen LogP) is 3.45. The van der Waals surface area contributed by atoms with Crippen molar-refractivity contribution in [2.75, 3.05) is 41.9 Å². The number of hydrogen-bond acceptors (Lipinski definition) is 7. The Morgan fingerprint density at radius 2 is 1.90 bits per heavy atom. The van der Waals surface area contributed by atoms with E-state index < -0.39 is 12.0 Å². The zero-order valence-electron chi connectivity index (χ0n) is 16.7. The molecule has 3 rings (SSSR count). The lowest BCUT2D eigenvalue weighted by Gasteiger charge is -2.27. The van der Waals surface area contributed by atoms with Gasteiger partial charge in [0.2, 0.25) is 11.9 Å². The van der Waals surface area contributed by atoms with E-state index in [0.29, 0.717) is 26.3 Å². The summed E-state index contributed by atoms with van der Waals surface area (Å²) in [6, 6.07) is 9.14. The van der Waals surface area contributed by atoms with Crippen LogP contribution >= 0.6 is 0 Å². The highest BCUT2D eigenvalue weighted by atomic mass is 19.4. The summed E-state index contributed by atoms with van der Waals surface area (Å²) in [5, 5.41) is 6.66. The van der Waals surface area contributed by atoms with Crippen molar-refractivity contribution in [2.45, 2.75) is 19.5 Å². The summed E-state index contributed by atoms with van der Waals surface area (Å²) in [6.07, 6.45) is -1.42. The number of morpholine rings is 1. The molecule has 12 heteroatoms. The molecule has 1 aromatic heterocycles. The molecular weight excluding hydrogens is 420 g/mol. The molecule has 1 aromatic carbocycles. The van der Waals surface area contributed by atoms with Crippen LogP contribution in [0, 0.1) is 5.82 Å². The van der Waals surface area contributed by atoms with E-state index in [4.69, 9.17) is 4.74 Å². The average molecular weight is 442 g/mol. The van der Waals surface area contributed by atoms with E-state index in [9.17, 15) is 22.4 Å². The standard InChI is InChI=1S/C17H19FN6O2.C2H3F3/c18-14-12-19-17(22-16(14)24-8-10-26-11-9-24)23-20-7-6-15(25)21-13-4-2-1-3-5-13;1-2(3,4)5/h1-5,7,12H,6,8-11H2,(H,21,25)(H,19,22,23);1H3/b20-7+;. The zero-order chi connectivity index (χ0) is 22.7. The van der Waals surface area contributed by atoms with Gasteiger partial charge in [0.25, 0.3) is 0 Å². The number of alkyl halides is 3. The van der Waals surface area contributed by atoms with Crippen molar-refractivity contribution >= 4 is 29.6 Å². The SMILES string of the molecule is CC(F)(F)F.O=C(C/C=N/Nc1ncc(F)c(N2CCOCC2)n1)Nc1ccccc1. The van der Waals surface area contributed by atoms with Crippen LogP contribution in [0.15, 0.2) is 41.6 Å². The van der Waals surface area contributed by atoms with Crippen LogP contribution in [0.3, 0.4) is 0 Å². The monoisotopic (exact) mass is 442 g/mol. The van der Waals surface area contributed by atoms with Gasteiger partial charge >= 0.3 is 6.18 Å². The summed E-state index contributed by atoms with van der Waals surface area (Å²) in [6.45, 7) is 2.38. The molecule has 1 aliphatic rings. The van der Waals surface area contributed by atoms with Crippen molar-refractivity contribution in [3.8, 4) is 0 Å². The Kier molecular flexibility index (Phi) is 9.13. The molecule has 2 aromatic rings. The number of ether oxygens (including phenoxy) is 1. The lowest BCUT2D eigenvalue weighted by atomic mass is 10.3. The first-order chi connectivity index (χ1) is 14.7. The quantitative estimate of drug-likeness (QED) is 0.405. The minimum Gasteiger partial charge on any atom is -0.378 e. The van der Waals surface area contributed by atoms with Gasteiger partial charge in [-0.3, -0.25) is 4.79 Å². The van der Waals surface area contributed by atoms with Gasteiger partial charge < -0.3 is 15.0 Å². The number of hydrazone groups is 1. The maximum Gasteiger partial charge on any atom is 0.386 e. The van der Waals surface area contributed by atoms with Gasteiger partial charge in [0.05, 0.1) is 25.8 Å². The number of aromatic nitrogens is 2. The molecule has 0 radical (unpaired) electrons. The van der Waals surface area contributed by atoms with Crippen molar-refractivity contribution in [2.24, 2.45) is 5.10 Å². The Hall–Kier alpha value is -3.28. The van der Waals surface area contributed by atoms with Crippen LogP contribution in [0.5, 0.6) is 0 Å². The van der Waals surface area contributed by atoms with E-state index in [2.05, 4.69) is 25.8 Å². The molecule has 2 heterocycles. The normalized spacial score (nSPS) is 14.0. The second-order valence-corrected chi connectivity index (χ2v) is 6.29. The highest BCUT2D eigenvalue weighted by molar-refractivity contribution is 5.99. The van der Waals surface area contributed by atoms with E-state index in [1.54, 1.807) is 17.0 Å². The van der Waals surface area contributed by atoms with Gasteiger partial charge in [-0.15, -0.1) is 0 Å². The molecule has 8 nitrogen and oxygen atoms in total. The summed E-state index contributed by atoms with van der Waals surface area (Å²) in [4.78, 5) is 21.6. The van der Waals surface area contributed by atoms with Crippen LogP contribution < -0.4 is 15.6 Å². The Morgan fingerprint density at radius 1 is 1.26 bits per heavy atom. The number of carbonyl (C=O) groups excluding carboxylic acids is 1. The molecule has 168 valence electrons. The first-order valence-corrected chi connectivity index (χ1v) is 9.27. The third kappa shape index (κ3) is 9.85. The van der Waals surface area contributed by atoms with Gasteiger partial charge in [0.1, 0.15) is 0 Å². The Balaban J connectivity index is 0.000000614. The lowest BCUT2D eigenvalue weighted by Crippen LogP contribution is -2.37. The number of nitrogens with zero attached hydrogens (tertiary/aromatic N) is 4. The molecule has 1 fully saturated rings. The van der Waals surface area contributed by atoms with Crippen LogP contribution in [-0.2, 0) is 9.53 Å². The number of amides is 1. The van der Waals surface area contributed by atoms with Crippen LogP contribution in [0.4, 0.5) is 35.0 Å².